The Bertz CT molecular complexity index is 987. The van der Waals surface area contributed by atoms with E-state index in [1.807, 2.05) is 31.2 Å². The normalized spacial score (nSPS) is 15.1. The largest absolute Gasteiger partial charge is 0.490 e. The van der Waals surface area contributed by atoms with Crippen LogP contribution < -0.4 is 9.47 Å². The molecule has 1 fully saturated rings. The van der Waals surface area contributed by atoms with Crippen LogP contribution in [-0.2, 0) is 16.1 Å². The van der Waals surface area contributed by atoms with Gasteiger partial charge in [0.2, 0.25) is 0 Å². The summed E-state index contributed by atoms with van der Waals surface area (Å²) in [5.74, 6) is -0.0944. The zero-order valence-electron chi connectivity index (χ0n) is 15.8. The van der Waals surface area contributed by atoms with Crippen LogP contribution in [0.15, 0.2) is 51.8 Å². The number of rotatable bonds is 6. The molecule has 6 nitrogen and oxygen atoms in total. The minimum Gasteiger partial charge on any atom is -0.490 e. The quantitative estimate of drug-likeness (QED) is 0.332. The highest BCUT2D eigenvalue weighted by Crippen LogP contribution is 2.35. The first-order valence-electron chi connectivity index (χ1n) is 8.82. The van der Waals surface area contributed by atoms with E-state index in [-0.39, 0.29) is 17.7 Å². The molecule has 0 unspecified atom stereocenters. The molecule has 1 saturated heterocycles. The zero-order chi connectivity index (χ0) is 21.0. The fraction of sp³-hybridized carbons (Fsp3) is 0.190. The smallest absolute Gasteiger partial charge is 0.308 e. The van der Waals surface area contributed by atoms with E-state index in [2.05, 4.69) is 15.9 Å². The van der Waals surface area contributed by atoms with Gasteiger partial charge in [-0.3, -0.25) is 19.3 Å². The Morgan fingerprint density at radius 2 is 1.86 bits per heavy atom. The second-order valence-electron chi connectivity index (χ2n) is 6.13. The van der Waals surface area contributed by atoms with Gasteiger partial charge in [0.25, 0.3) is 11.1 Å². The topological polar surface area (TPSA) is 72.9 Å². The first-order chi connectivity index (χ1) is 13.9. The van der Waals surface area contributed by atoms with Gasteiger partial charge in [-0.2, -0.15) is 0 Å². The molecule has 2 aromatic rings. The van der Waals surface area contributed by atoms with Crippen LogP contribution in [-0.4, -0.2) is 28.6 Å². The summed E-state index contributed by atoms with van der Waals surface area (Å²) in [6.45, 7) is 3.73. The van der Waals surface area contributed by atoms with E-state index < -0.39 is 5.97 Å². The summed E-state index contributed by atoms with van der Waals surface area (Å²) in [6.07, 6.45) is 1.63. The van der Waals surface area contributed by atoms with Gasteiger partial charge in [-0.1, -0.05) is 34.1 Å². The minimum absolute atomic E-state index is 0.213. The average Bonchev–Trinajstić information content (AvgIpc) is 2.93. The third-order valence-corrected chi connectivity index (χ3v) is 5.38. The van der Waals surface area contributed by atoms with Crippen molar-refractivity contribution in [2.45, 2.75) is 20.4 Å². The highest BCUT2D eigenvalue weighted by atomic mass is 79.9. The maximum absolute atomic E-state index is 12.7. The highest BCUT2D eigenvalue weighted by molar-refractivity contribution is 9.10. The summed E-state index contributed by atoms with van der Waals surface area (Å²) in [7, 11) is 0. The lowest BCUT2D eigenvalue weighted by atomic mass is 10.1. The van der Waals surface area contributed by atoms with E-state index in [1.54, 1.807) is 24.3 Å². The molecule has 2 aromatic carbocycles. The van der Waals surface area contributed by atoms with Crippen LogP contribution in [0, 0.1) is 0 Å². The van der Waals surface area contributed by atoms with E-state index in [0.29, 0.717) is 28.6 Å². The summed E-state index contributed by atoms with van der Waals surface area (Å²) >= 11 is 4.26. The molecule has 150 valence electrons. The zero-order valence-corrected chi connectivity index (χ0v) is 18.2. The summed E-state index contributed by atoms with van der Waals surface area (Å²) in [5, 5.41) is -0.314. The number of thioether (sulfide) groups is 1. The molecule has 1 aliphatic rings. The number of hydrogen-bond acceptors (Lipinski definition) is 6. The number of benzene rings is 2. The maximum atomic E-state index is 12.7. The van der Waals surface area contributed by atoms with Gasteiger partial charge in [0, 0.05) is 11.4 Å². The van der Waals surface area contributed by atoms with Crippen LogP contribution in [0.2, 0.25) is 0 Å². The standard InChI is InChI=1S/C21H18BrNO5S/c1-3-27-18-10-15(6-9-17(18)28-13(2)24)11-19-20(25)23(21(26)29-19)12-14-4-7-16(22)8-5-14/h4-11H,3,12H2,1-2H3/b19-11+. The van der Waals surface area contributed by atoms with Crippen molar-refractivity contribution in [3.05, 3.63) is 63.0 Å². The van der Waals surface area contributed by atoms with Crippen molar-refractivity contribution in [3.63, 3.8) is 0 Å². The maximum Gasteiger partial charge on any atom is 0.308 e. The Morgan fingerprint density at radius 3 is 2.52 bits per heavy atom. The fourth-order valence-corrected chi connectivity index (χ4v) is 3.78. The summed E-state index contributed by atoms with van der Waals surface area (Å²) in [5.41, 5.74) is 1.53. The second kappa shape index (κ2) is 9.28. The van der Waals surface area contributed by atoms with Crippen LogP contribution in [0.25, 0.3) is 6.08 Å². The van der Waals surface area contributed by atoms with Crippen LogP contribution in [0.1, 0.15) is 25.0 Å². The van der Waals surface area contributed by atoms with Gasteiger partial charge >= 0.3 is 5.97 Å². The lowest BCUT2D eigenvalue weighted by Crippen LogP contribution is -2.27. The first kappa shape index (κ1) is 21.1. The van der Waals surface area contributed by atoms with Crippen molar-refractivity contribution in [2.24, 2.45) is 0 Å². The molecule has 8 heteroatoms. The number of esters is 1. The van der Waals surface area contributed by atoms with Crippen LogP contribution in [0.3, 0.4) is 0 Å². The van der Waals surface area contributed by atoms with Crippen molar-refractivity contribution in [2.75, 3.05) is 6.61 Å². The van der Waals surface area contributed by atoms with Gasteiger partial charge in [0.05, 0.1) is 18.1 Å². The van der Waals surface area contributed by atoms with Crippen molar-refractivity contribution in [1.29, 1.82) is 0 Å². The van der Waals surface area contributed by atoms with Crippen LogP contribution >= 0.6 is 27.7 Å². The number of ether oxygens (including phenoxy) is 2. The van der Waals surface area contributed by atoms with Crippen molar-refractivity contribution < 1.29 is 23.9 Å². The lowest BCUT2D eigenvalue weighted by Gasteiger charge is -2.12. The molecule has 0 atom stereocenters. The Kier molecular flexibility index (Phi) is 6.76. The average molecular weight is 476 g/mol. The molecular weight excluding hydrogens is 458 g/mol. The van der Waals surface area contributed by atoms with Crippen LogP contribution in [0.5, 0.6) is 11.5 Å². The van der Waals surface area contributed by atoms with E-state index in [9.17, 15) is 14.4 Å². The summed E-state index contributed by atoms with van der Waals surface area (Å²) in [6, 6.07) is 12.4. The van der Waals surface area contributed by atoms with Gasteiger partial charge in [-0.15, -0.1) is 0 Å². The molecule has 2 amide bonds. The van der Waals surface area contributed by atoms with Crippen molar-refractivity contribution in [3.8, 4) is 11.5 Å². The minimum atomic E-state index is -0.451. The first-order valence-corrected chi connectivity index (χ1v) is 10.4. The van der Waals surface area contributed by atoms with Crippen molar-refractivity contribution in [1.82, 2.24) is 4.90 Å². The number of amides is 2. The van der Waals surface area contributed by atoms with Crippen LogP contribution in [0.4, 0.5) is 4.79 Å². The molecular formula is C21H18BrNO5S. The van der Waals surface area contributed by atoms with E-state index >= 15 is 0 Å². The number of imide groups is 1. The molecule has 0 saturated carbocycles. The van der Waals surface area contributed by atoms with Gasteiger partial charge in [-0.05, 0) is 60.2 Å². The SMILES string of the molecule is CCOc1cc(/C=C2/SC(=O)N(Cc3ccc(Br)cc3)C2=O)ccc1OC(C)=O. The molecule has 0 N–H and O–H groups in total. The third-order valence-electron chi connectivity index (χ3n) is 3.95. The number of carbonyl (C=O) groups excluding carboxylic acids is 3. The molecule has 29 heavy (non-hydrogen) atoms. The summed E-state index contributed by atoms with van der Waals surface area (Å²) < 4.78 is 11.6. The Labute approximate surface area is 181 Å². The van der Waals surface area contributed by atoms with E-state index in [4.69, 9.17) is 9.47 Å². The van der Waals surface area contributed by atoms with E-state index in [0.717, 1.165) is 21.8 Å². The predicted octanol–water partition coefficient (Wildman–Crippen LogP) is 5.01. The van der Waals surface area contributed by atoms with Gasteiger partial charge in [-0.25, -0.2) is 0 Å². The fourth-order valence-electron chi connectivity index (χ4n) is 2.68. The summed E-state index contributed by atoms with van der Waals surface area (Å²) in [4.78, 5) is 37.8. The third kappa shape index (κ3) is 5.27. The second-order valence-corrected chi connectivity index (χ2v) is 8.04. The number of nitrogens with zero attached hydrogens (tertiary/aromatic N) is 1. The lowest BCUT2D eigenvalue weighted by molar-refractivity contribution is -0.132. The Hall–Kier alpha value is -2.58. The number of carbonyl (C=O) groups is 3. The molecule has 1 aliphatic heterocycles. The number of hydrogen-bond donors (Lipinski definition) is 0. The van der Waals surface area contributed by atoms with Gasteiger partial charge in [0.1, 0.15) is 0 Å². The Balaban J connectivity index is 1.82. The molecule has 0 radical (unpaired) electrons. The van der Waals surface area contributed by atoms with Gasteiger partial charge in [0.15, 0.2) is 11.5 Å². The predicted molar refractivity (Wildman–Crippen MR) is 115 cm³/mol. The molecule has 0 spiro atoms. The molecule has 0 aromatic heterocycles. The Morgan fingerprint density at radius 1 is 1.14 bits per heavy atom. The van der Waals surface area contributed by atoms with E-state index in [1.165, 1.54) is 11.8 Å². The molecule has 0 aliphatic carbocycles. The highest BCUT2D eigenvalue weighted by Gasteiger charge is 2.35. The molecule has 0 bridgehead atoms. The monoisotopic (exact) mass is 475 g/mol. The molecule has 3 rings (SSSR count). The number of halogens is 1. The van der Waals surface area contributed by atoms with Crippen molar-refractivity contribution >= 4 is 50.9 Å². The van der Waals surface area contributed by atoms with Gasteiger partial charge < -0.3 is 9.47 Å². The molecule has 1 heterocycles.